The smallest absolute Gasteiger partial charge is 0.217 e. The lowest BCUT2D eigenvalue weighted by atomic mass is 9.88. The van der Waals surface area contributed by atoms with Crippen molar-refractivity contribution in [2.45, 2.75) is 83.6 Å². The molecule has 94 valence electrons. The van der Waals surface area contributed by atoms with Gasteiger partial charge in [-0.25, -0.2) is 0 Å². The van der Waals surface area contributed by atoms with Gasteiger partial charge in [0, 0.05) is 12.5 Å². The van der Waals surface area contributed by atoms with E-state index in [9.17, 15) is 4.79 Å². The molecule has 2 nitrogen and oxygen atoms in total. The van der Waals surface area contributed by atoms with Crippen molar-refractivity contribution < 1.29 is 4.79 Å². The Morgan fingerprint density at radius 2 is 1.25 bits per heavy atom. The fourth-order valence-electron chi connectivity index (χ4n) is 2.77. The van der Waals surface area contributed by atoms with Crippen LogP contribution in [-0.2, 0) is 4.79 Å². The molecule has 0 atom stereocenters. The summed E-state index contributed by atoms with van der Waals surface area (Å²) in [5, 5.41) is 3.16. The maximum atomic E-state index is 11.2. The van der Waals surface area contributed by atoms with E-state index in [0.29, 0.717) is 0 Å². The molecule has 1 fully saturated rings. The van der Waals surface area contributed by atoms with Crippen molar-refractivity contribution in [3.8, 4) is 0 Å². The van der Waals surface area contributed by atoms with Crippen LogP contribution in [0.5, 0.6) is 0 Å². The summed E-state index contributed by atoms with van der Waals surface area (Å²) in [4.78, 5) is 11.2. The standard InChI is InChI=1S/C14H27NO/c1-13(16)15-14(2)11-9-7-5-3-4-6-8-10-12-14/h3-12H2,1-2H3,(H,15,16). The lowest BCUT2D eigenvalue weighted by Crippen LogP contribution is -2.44. The van der Waals surface area contributed by atoms with Gasteiger partial charge in [0.25, 0.3) is 0 Å². The molecule has 0 bridgehead atoms. The van der Waals surface area contributed by atoms with E-state index in [2.05, 4.69) is 12.2 Å². The molecular weight excluding hydrogens is 198 g/mol. The van der Waals surface area contributed by atoms with Gasteiger partial charge in [0.15, 0.2) is 0 Å². The van der Waals surface area contributed by atoms with Gasteiger partial charge in [0.05, 0.1) is 0 Å². The minimum atomic E-state index is 0.0518. The molecule has 0 heterocycles. The molecule has 1 aliphatic carbocycles. The van der Waals surface area contributed by atoms with Crippen molar-refractivity contribution in [3.63, 3.8) is 0 Å². The first-order valence-electron chi connectivity index (χ1n) is 6.91. The van der Waals surface area contributed by atoms with E-state index in [1.54, 1.807) is 6.92 Å². The largest absolute Gasteiger partial charge is 0.351 e. The molecule has 0 saturated heterocycles. The fraction of sp³-hybridized carbons (Fsp3) is 0.929. The van der Waals surface area contributed by atoms with Gasteiger partial charge in [0.1, 0.15) is 0 Å². The van der Waals surface area contributed by atoms with Crippen LogP contribution in [0.1, 0.15) is 78.1 Å². The lowest BCUT2D eigenvalue weighted by molar-refractivity contribution is -0.120. The van der Waals surface area contributed by atoms with Crippen molar-refractivity contribution >= 4 is 5.91 Å². The molecule has 0 radical (unpaired) electrons. The third-order valence-corrected chi connectivity index (χ3v) is 3.68. The molecule has 0 unspecified atom stereocenters. The van der Waals surface area contributed by atoms with Gasteiger partial charge in [-0.1, -0.05) is 51.4 Å². The summed E-state index contributed by atoms with van der Waals surface area (Å²) in [6.07, 6.45) is 13.0. The molecule has 0 aliphatic heterocycles. The molecule has 1 N–H and O–H groups in total. The third-order valence-electron chi connectivity index (χ3n) is 3.68. The second-order valence-electron chi connectivity index (χ2n) is 5.57. The minimum Gasteiger partial charge on any atom is -0.351 e. The molecule has 16 heavy (non-hydrogen) atoms. The molecule has 1 rings (SSSR count). The van der Waals surface area contributed by atoms with E-state index in [-0.39, 0.29) is 11.4 Å². The third kappa shape index (κ3) is 5.53. The van der Waals surface area contributed by atoms with Crippen LogP contribution in [0.25, 0.3) is 0 Å². The number of carbonyl (C=O) groups excluding carboxylic acids is 1. The van der Waals surface area contributed by atoms with Crippen LogP contribution in [-0.4, -0.2) is 11.4 Å². The maximum absolute atomic E-state index is 11.2. The molecule has 2 heteroatoms. The minimum absolute atomic E-state index is 0.0518. The number of amides is 1. The zero-order chi connectivity index (χ0) is 11.9. The van der Waals surface area contributed by atoms with E-state index in [0.717, 1.165) is 12.8 Å². The molecular formula is C14H27NO. The van der Waals surface area contributed by atoms with Crippen LogP contribution in [0, 0.1) is 0 Å². The van der Waals surface area contributed by atoms with E-state index in [1.165, 1.54) is 51.4 Å². The highest BCUT2D eigenvalue weighted by atomic mass is 16.1. The molecule has 0 aromatic heterocycles. The summed E-state index contributed by atoms with van der Waals surface area (Å²) in [6, 6.07) is 0. The number of rotatable bonds is 1. The number of hydrogen-bond acceptors (Lipinski definition) is 1. The highest BCUT2D eigenvalue weighted by molar-refractivity contribution is 5.73. The van der Waals surface area contributed by atoms with E-state index < -0.39 is 0 Å². The highest BCUT2D eigenvalue weighted by Gasteiger charge is 2.24. The van der Waals surface area contributed by atoms with Crippen LogP contribution < -0.4 is 5.32 Å². The summed E-state index contributed by atoms with van der Waals surface area (Å²) < 4.78 is 0. The summed E-state index contributed by atoms with van der Waals surface area (Å²) >= 11 is 0. The van der Waals surface area contributed by atoms with Crippen molar-refractivity contribution in [2.75, 3.05) is 0 Å². The van der Waals surface area contributed by atoms with Crippen LogP contribution in [0.4, 0.5) is 0 Å². The van der Waals surface area contributed by atoms with Crippen molar-refractivity contribution in [3.05, 3.63) is 0 Å². The van der Waals surface area contributed by atoms with Gasteiger partial charge in [-0.3, -0.25) is 4.79 Å². The van der Waals surface area contributed by atoms with E-state index in [4.69, 9.17) is 0 Å². The van der Waals surface area contributed by atoms with Gasteiger partial charge >= 0.3 is 0 Å². The average Bonchev–Trinajstić information content (AvgIpc) is 2.23. The second kappa shape index (κ2) is 6.93. The Hall–Kier alpha value is -0.530. The quantitative estimate of drug-likeness (QED) is 0.722. The first-order valence-corrected chi connectivity index (χ1v) is 6.91. The monoisotopic (exact) mass is 225 g/mol. The van der Waals surface area contributed by atoms with E-state index in [1.807, 2.05) is 0 Å². The zero-order valence-electron chi connectivity index (χ0n) is 11.0. The van der Waals surface area contributed by atoms with Crippen LogP contribution >= 0.6 is 0 Å². The Labute approximate surface area is 100 Å². The highest BCUT2D eigenvalue weighted by Crippen LogP contribution is 2.24. The Morgan fingerprint density at radius 3 is 1.62 bits per heavy atom. The number of hydrogen-bond donors (Lipinski definition) is 1. The molecule has 0 aromatic rings. The summed E-state index contributed by atoms with van der Waals surface area (Å²) in [5.74, 6) is 0.123. The first kappa shape index (κ1) is 13.5. The number of nitrogens with one attached hydrogen (secondary N) is 1. The summed E-state index contributed by atoms with van der Waals surface area (Å²) in [7, 11) is 0. The Bertz CT molecular complexity index is 201. The zero-order valence-corrected chi connectivity index (χ0v) is 11.0. The topological polar surface area (TPSA) is 29.1 Å². The summed E-state index contributed by atoms with van der Waals surface area (Å²) in [5.41, 5.74) is 0.0518. The van der Waals surface area contributed by atoms with Gasteiger partial charge in [-0.2, -0.15) is 0 Å². The summed E-state index contributed by atoms with van der Waals surface area (Å²) in [6.45, 7) is 3.85. The number of carbonyl (C=O) groups is 1. The lowest BCUT2D eigenvalue weighted by Gasteiger charge is -2.30. The van der Waals surface area contributed by atoms with Crippen LogP contribution in [0.15, 0.2) is 0 Å². The predicted octanol–water partition coefficient (Wildman–Crippen LogP) is 3.80. The van der Waals surface area contributed by atoms with Gasteiger partial charge < -0.3 is 5.32 Å². The second-order valence-corrected chi connectivity index (χ2v) is 5.57. The van der Waals surface area contributed by atoms with Gasteiger partial charge in [-0.05, 0) is 19.8 Å². The normalized spacial score (nSPS) is 23.1. The van der Waals surface area contributed by atoms with Crippen molar-refractivity contribution in [1.82, 2.24) is 5.32 Å². The maximum Gasteiger partial charge on any atom is 0.217 e. The van der Waals surface area contributed by atoms with Crippen LogP contribution in [0.2, 0.25) is 0 Å². The average molecular weight is 225 g/mol. The molecule has 1 aliphatic rings. The SMILES string of the molecule is CC(=O)NC1(C)CCCCCCCCCC1. The first-order chi connectivity index (χ1) is 7.62. The fourth-order valence-corrected chi connectivity index (χ4v) is 2.77. The molecule has 1 saturated carbocycles. The molecule has 1 amide bonds. The van der Waals surface area contributed by atoms with Crippen molar-refractivity contribution in [1.29, 1.82) is 0 Å². The molecule has 0 aromatic carbocycles. The Balaban J connectivity index is 2.46. The Kier molecular flexibility index (Phi) is 5.86. The van der Waals surface area contributed by atoms with E-state index >= 15 is 0 Å². The molecule has 0 spiro atoms. The van der Waals surface area contributed by atoms with Crippen molar-refractivity contribution in [2.24, 2.45) is 0 Å². The van der Waals surface area contributed by atoms with Gasteiger partial charge in [0.2, 0.25) is 5.91 Å². The van der Waals surface area contributed by atoms with Gasteiger partial charge in [-0.15, -0.1) is 0 Å². The predicted molar refractivity (Wildman–Crippen MR) is 68.4 cm³/mol. The Morgan fingerprint density at radius 1 is 0.875 bits per heavy atom. The van der Waals surface area contributed by atoms with Crippen LogP contribution in [0.3, 0.4) is 0 Å².